The molecule has 0 unspecified atom stereocenters. The summed E-state index contributed by atoms with van der Waals surface area (Å²) in [5.74, 6) is -0.208. The number of halogens is 3. The third-order valence-corrected chi connectivity index (χ3v) is 4.09. The average molecular weight is 359 g/mol. The molecule has 0 aliphatic rings. The van der Waals surface area contributed by atoms with E-state index in [2.05, 4.69) is 21.2 Å². The van der Waals surface area contributed by atoms with Crippen LogP contribution in [0.25, 0.3) is 0 Å². The quantitative estimate of drug-likeness (QED) is 0.773. The van der Waals surface area contributed by atoms with Crippen molar-refractivity contribution < 1.29 is 4.79 Å². The van der Waals surface area contributed by atoms with Gasteiger partial charge >= 0.3 is 0 Å². The molecule has 0 saturated heterocycles. The van der Waals surface area contributed by atoms with Crippen molar-refractivity contribution in [2.75, 3.05) is 5.32 Å². The van der Waals surface area contributed by atoms with Gasteiger partial charge < -0.3 is 5.32 Å². The lowest BCUT2D eigenvalue weighted by atomic mass is 10.1. The molecule has 1 amide bonds. The number of nitrogens with one attached hydrogen (secondary N) is 1. The van der Waals surface area contributed by atoms with Gasteiger partial charge in [-0.25, -0.2) is 0 Å². The van der Waals surface area contributed by atoms with Gasteiger partial charge in [0, 0.05) is 20.7 Å². The van der Waals surface area contributed by atoms with E-state index in [1.807, 2.05) is 6.92 Å². The number of rotatable bonds is 2. The molecule has 0 aliphatic carbocycles. The molecule has 0 aromatic heterocycles. The van der Waals surface area contributed by atoms with E-state index in [1.54, 1.807) is 36.4 Å². The minimum atomic E-state index is -0.208. The summed E-state index contributed by atoms with van der Waals surface area (Å²) in [4.78, 5) is 12.1. The number of carbonyl (C=O) groups is 1. The van der Waals surface area contributed by atoms with Gasteiger partial charge in [-0.05, 0) is 64.8 Å². The van der Waals surface area contributed by atoms with E-state index >= 15 is 0 Å². The Kier molecular flexibility index (Phi) is 4.50. The van der Waals surface area contributed by atoms with Crippen LogP contribution in [0.5, 0.6) is 0 Å². The molecular formula is C14H10BrCl2NO. The van der Waals surface area contributed by atoms with Gasteiger partial charge in [-0.1, -0.05) is 23.2 Å². The molecule has 19 heavy (non-hydrogen) atoms. The maximum Gasteiger partial charge on any atom is 0.255 e. The highest BCUT2D eigenvalue weighted by molar-refractivity contribution is 9.10. The van der Waals surface area contributed by atoms with Crippen molar-refractivity contribution in [2.24, 2.45) is 0 Å². The van der Waals surface area contributed by atoms with Crippen molar-refractivity contribution in [3.05, 3.63) is 62.0 Å². The number of hydrogen-bond donors (Lipinski definition) is 1. The fraction of sp³-hybridized carbons (Fsp3) is 0.0714. The van der Waals surface area contributed by atoms with Crippen molar-refractivity contribution >= 4 is 50.7 Å². The number of hydrogen-bond acceptors (Lipinski definition) is 1. The van der Waals surface area contributed by atoms with E-state index in [1.165, 1.54) is 0 Å². The van der Waals surface area contributed by atoms with Gasteiger partial charge in [0.1, 0.15) is 0 Å². The summed E-state index contributed by atoms with van der Waals surface area (Å²) in [7, 11) is 0. The fourth-order valence-electron chi connectivity index (χ4n) is 1.60. The first-order valence-corrected chi connectivity index (χ1v) is 7.05. The molecule has 2 nitrogen and oxygen atoms in total. The van der Waals surface area contributed by atoms with E-state index in [-0.39, 0.29) is 5.91 Å². The highest BCUT2D eigenvalue weighted by atomic mass is 79.9. The monoisotopic (exact) mass is 357 g/mol. The molecule has 2 aromatic rings. The van der Waals surface area contributed by atoms with Gasteiger partial charge in [0.2, 0.25) is 0 Å². The molecular weight excluding hydrogens is 349 g/mol. The van der Waals surface area contributed by atoms with Gasteiger partial charge in [0.05, 0.1) is 5.02 Å². The summed E-state index contributed by atoms with van der Waals surface area (Å²) in [6, 6.07) is 10.4. The third kappa shape index (κ3) is 3.50. The van der Waals surface area contributed by atoms with Crippen LogP contribution in [-0.2, 0) is 0 Å². The molecule has 0 spiro atoms. The molecule has 0 saturated carbocycles. The van der Waals surface area contributed by atoms with E-state index < -0.39 is 0 Å². The highest BCUT2D eigenvalue weighted by Gasteiger charge is 2.09. The first-order valence-electron chi connectivity index (χ1n) is 5.50. The summed E-state index contributed by atoms with van der Waals surface area (Å²) >= 11 is 15.1. The molecule has 0 radical (unpaired) electrons. The average Bonchev–Trinajstić information content (AvgIpc) is 2.36. The maximum absolute atomic E-state index is 12.1. The normalized spacial score (nSPS) is 10.3. The summed E-state index contributed by atoms with van der Waals surface area (Å²) < 4.78 is 0.758. The molecule has 5 heteroatoms. The Morgan fingerprint density at radius 1 is 1.16 bits per heavy atom. The topological polar surface area (TPSA) is 29.1 Å². The molecule has 0 aliphatic heterocycles. The van der Waals surface area contributed by atoms with Gasteiger partial charge in [0.15, 0.2) is 0 Å². The lowest BCUT2D eigenvalue weighted by Crippen LogP contribution is -2.12. The Balaban J connectivity index is 2.23. The van der Waals surface area contributed by atoms with Crippen LogP contribution in [0.1, 0.15) is 15.9 Å². The molecule has 2 rings (SSSR count). The molecule has 0 heterocycles. The second-order valence-corrected chi connectivity index (χ2v) is 5.74. The van der Waals surface area contributed by atoms with Crippen molar-refractivity contribution in [1.82, 2.24) is 0 Å². The minimum absolute atomic E-state index is 0.208. The number of aryl methyl sites for hydroxylation is 1. The molecule has 0 fully saturated rings. The molecule has 1 N–H and O–H groups in total. The summed E-state index contributed by atoms with van der Waals surface area (Å²) in [6.07, 6.45) is 0. The standard InChI is InChI=1S/C14H10BrCl2NO/c1-8-6-10(16)3-5-13(8)18-14(19)9-2-4-11(15)12(17)7-9/h2-7H,1H3,(H,18,19). The smallest absolute Gasteiger partial charge is 0.255 e. The van der Waals surface area contributed by atoms with Crippen molar-refractivity contribution in [1.29, 1.82) is 0 Å². The largest absolute Gasteiger partial charge is 0.322 e. The number of amides is 1. The zero-order valence-corrected chi connectivity index (χ0v) is 13.1. The van der Waals surface area contributed by atoms with Gasteiger partial charge in [-0.3, -0.25) is 4.79 Å². The van der Waals surface area contributed by atoms with E-state index in [9.17, 15) is 4.79 Å². The Morgan fingerprint density at radius 3 is 2.53 bits per heavy atom. The van der Waals surface area contributed by atoms with E-state index in [4.69, 9.17) is 23.2 Å². The number of benzene rings is 2. The van der Waals surface area contributed by atoms with E-state index in [0.717, 1.165) is 15.7 Å². The Labute approximate surface area is 129 Å². The van der Waals surface area contributed by atoms with Crippen LogP contribution in [0, 0.1) is 6.92 Å². The van der Waals surface area contributed by atoms with Gasteiger partial charge in [-0.2, -0.15) is 0 Å². The number of carbonyl (C=O) groups excluding carboxylic acids is 1. The van der Waals surface area contributed by atoms with Crippen molar-refractivity contribution in [3.63, 3.8) is 0 Å². The first-order chi connectivity index (χ1) is 8.97. The summed E-state index contributed by atoms with van der Waals surface area (Å²) in [5.41, 5.74) is 2.14. The fourth-order valence-corrected chi connectivity index (χ4v) is 2.25. The molecule has 98 valence electrons. The first kappa shape index (κ1) is 14.4. The predicted molar refractivity (Wildman–Crippen MR) is 83.3 cm³/mol. The number of anilines is 1. The minimum Gasteiger partial charge on any atom is -0.322 e. The zero-order valence-electron chi connectivity index (χ0n) is 10.0. The summed E-state index contributed by atoms with van der Waals surface area (Å²) in [6.45, 7) is 1.88. The Hall–Kier alpha value is -1.03. The van der Waals surface area contributed by atoms with Crippen LogP contribution in [0.15, 0.2) is 40.9 Å². The summed E-state index contributed by atoms with van der Waals surface area (Å²) in [5, 5.41) is 3.97. The lowest BCUT2D eigenvalue weighted by Gasteiger charge is -2.09. The van der Waals surface area contributed by atoms with Crippen LogP contribution in [0.3, 0.4) is 0 Å². The Bertz CT molecular complexity index is 643. The molecule has 0 bridgehead atoms. The Morgan fingerprint density at radius 2 is 1.89 bits per heavy atom. The second-order valence-electron chi connectivity index (χ2n) is 4.04. The van der Waals surface area contributed by atoms with Crippen LogP contribution in [-0.4, -0.2) is 5.91 Å². The SMILES string of the molecule is Cc1cc(Cl)ccc1NC(=O)c1ccc(Br)c(Cl)c1. The second kappa shape index (κ2) is 5.95. The van der Waals surface area contributed by atoms with Crippen molar-refractivity contribution in [3.8, 4) is 0 Å². The highest BCUT2D eigenvalue weighted by Crippen LogP contribution is 2.24. The maximum atomic E-state index is 12.1. The molecule has 2 aromatic carbocycles. The van der Waals surface area contributed by atoms with Gasteiger partial charge in [-0.15, -0.1) is 0 Å². The van der Waals surface area contributed by atoms with Crippen LogP contribution >= 0.6 is 39.1 Å². The van der Waals surface area contributed by atoms with Crippen molar-refractivity contribution in [2.45, 2.75) is 6.92 Å². The lowest BCUT2D eigenvalue weighted by molar-refractivity contribution is 0.102. The van der Waals surface area contributed by atoms with Crippen LogP contribution in [0.4, 0.5) is 5.69 Å². The van der Waals surface area contributed by atoms with Crippen LogP contribution in [0.2, 0.25) is 10.0 Å². The third-order valence-electron chi connectivity index (χ3n) is 2.62. The zero-order chi connectivity index (χ0) is 14.0. The van der Waals surface area contributed by atoms with E-state index in [0.29, 0.717) is 15.6 Å². The predicted octanol–water partition coefficient (Wildman–Crippen LogP) is 5.32. The van der Waals surface area contributed by atoms with Gasteiger partial charge in [0.25, 0.3) is 5.91 Å². The molecule has 0 atom stereocenters. The van der Waals surface area contributed by atoms with Crippen LogP contribution < -0.4 is 5.32 Å².